The molecule has 0 saturated carbocycles. The molecule has 9 nitrogen and oxygen atoms in total. The van der Waals surface area contributed by atoms with Crippen LogP contribution in [0.3, 0.4) is 0 Å². The van der Waals surface area contributed by atoms with E-state index < -0.39 is 17.5 Å². The molecule has 0 bridgehead atoms. The molecule has 1 fully saturated rings. The number of amides is 3. The molecule has 1 aromatic heterocycles. The number of anilines is 2. The third-order valence-electron chi connectivity index (χ3n) is 7.39. The Labute approximate surface area is 250 Å². The molecule has 3 amide bonds. The SMILES string of the molecule is C[C@H](NC(=O)c1cnc2n1[C@](C)(Cc1ccc(Br)cc1)C(=O)N2c1cc(Cl)cc(Cl)c1)C(=O)N1CCC[C@@H](N)C1. The number of fused-ring (bicyclic) bond motifs is 1. The largest absolute Gasteiger partial charge is 0.339 e. The van der Waals surface area contributed by atoms with Gasteiger partial charge in [-0.15, -0.1) is 0 Å². The number of hydrogen-bond donors (Lipinski definition) is 2. The Bertz CT molecular complexity index is 1460. The van der Waals surface area contributed by atoms with Crippen LogP contribution in [0.4, 0.5) is 11.6 Å². The summed E-state index contributed by atoms with van der Waals surface area (Å²) in [5, 5.41) is 3.53. The molecule has 2 aliphatic heterocycles. The Morgan fingerprint density at radius 3 is 2.52 bits per heavy atom. The first-order chi connectivity index (χ1) is 19.0. The minimum Gasteiger partial charge on any atom is -0.339 e. The molecule has 40 heavy (non-hydrogen) atoms. The Balaban J connectivity index is 1.51. The number of imidazole rings is 1. The predicted molar refractivity (Wildman–Crippen MR) is 158 cm³/mol. The Hall–Kier alpha value is -2.92. The highest BCUT2D eigenvalue weighted by Crippen LogP contribution is 2.43. The lowest BCUT2D eigenvalue weighted by molar-refractivity contribution is -0.134. The number of hydrogen-bond acceptors (Lipinski definition) is 5. The van der Waals surface area contributed by atoms with Gasteiger partial charge in [0, 0.05) is 40.1 Å². The van der Waals surface area contributed by atoms with Crippen LogP contribution in [0.25, 0.3) is 0 Å². The van der Waals surface area contributed by atoms with E-state index in [2.05, 4.69) is 26.2 Å². The molecule has 12 heteroatoms. The van der Waals surface area contributed by atoms with Crippen LogP contribution in [0.15, 0.2) is 53.1 Å². The summed E-state index contributed by atoms with van der Waals surface area (Å²) in [5.74, 6) is -0.748. The Morgan fingerprint density at radius 1 is 1.20 bits per heavy atom. The number of nitrogens with two attached hydrogens (primary N) is 1. The summed E-state index contributed by atoms with van der Waals surface area (Å²) in [7, 11) is 0. The smallest absolute Gasteiger partial charge is 0.270 e. The lowest BCUT2D eigenvalue weighted by Crippen LogP contribution is -2.53. The number of halogens is 3. The van der Waals surface area contributed by atoms with Crippen molar-refractivity contribution in [2.45, 2.75) is 50.7 Å². The molecule has 1 saturated heterocycles. The fourth-order valence-corrected chi connectivity index (χ4v) is 6.22. The highest BCUT2D eigenvalue weighted by molar-refractivity contribution is 9.10. The first-order valence-electron chi connectivity index (χ1n) is 13.0. The molecule has 2 aromatic carbocycles. The number of carbonyl (C=O) groups is 3. The maximum absolute atomic E-state index is 14.1. The summed E-state index contributed by atoms with van der Waals surface area (Å²) in [6.07, 6.45) is 3.40. The third-order valence-corrected chi connectivity index (χ3v) is 8.35. The fraction of sp³-hybridized carbons (Fsp3) is 0.357. The molecule has 2 aliphatic rings. The van der Waals surface area contributed by atoms with E-state index in [-0.39, 0.29) is 35.9 Å². The summed E-state index contributed by atoms with van der Waals surface area (Å²) >= 11 is 16.0. The molecule has 3 atom stereocenters. The molecule has 210 valence electrons. The van der Waals surface area contributed by atoms with Crippen molar-refractivity contribution in [3.63, 3.8) is 0 Å². The van der Waals surface area contributed by atoms with Crippen molar-refractivity contribution in [2.24, 2.45) is 5.73 Å². The Morgan fingerprint density at radius 2 is 1.88 bits per heavy atom. The van der Waals surface area contributed by atoms with Gasteiger partial charge in [-0.1, -0.05) is 51.3 Å². The fourth-order valence-electron chi connectivity index (χ4n) is 5.45. The van der Waals surface area contributed by atoms with E-state index in [1.807, 2.05) is 24.3 Å². The molecular weight excluding hydrogens is 619 g/mol. The van der Waals surface area contributed by atoms with Crippen molar-refractivity contribution in [2.75, 3.05) is 18.0 Å². The van der Waals surface area contributed by atoms with Gasteiger partial charge in [-0.3, -0.25) is 19.0 Å². The first-order valence-corrected chi connectivity index (χ1v) is 14.5. The molecule has 3 heterocycles. The number of nitrogens with zero attached hydrogens (tertiary/aromatic N) is 4. The molecule has 3 aromatic rings. The third kappa shape index (κ3) is 5.37. The van der Waals surface area contributed by atoms with Gasteiger partial charge in [0.05, 0.1) is 11.9 Å². The normalized spacial score (nSPS) is 21.4. The van der Waals surface area contributed by atoms with E-state index in [0.717, 1.165) is 22.9 Å². The van der Waals surface area contributed by atoms with Gasteiger partial charge in [-0.2, -0.15) is 0 Å². The van der Waals surface area contributed by atoms with Gasteiger partial charge in [-0.05, 0) is 62.6 Å². The molecule has 0 aliphatic carbocycles. The standard InChI is InChI=1S/C28H29BrCl2N6O3/c1-16(25(39)35-9-3-4-21(32)15-35)34-24(38)23-14-33-27-36(22-11-19(30)10-20(31)12-22)26(40)28(2,37(23)27)13-17-5-7-18(29)8-6-17/h5-8,10-12,14,16,21H,3-4,9,13,15,32H2,1-2H3,(H,34,38)/t16-,21+,28+/m0/s1. The molecule has 5 rings (SSSR count). The van der Waals surface area contributed by atoms with E-state index in [1.54, 1.807) is 41.5 Å². The van der Waals surface area contributed by atoms with Gasteiger partial charge in [0.25, 0.3) is 11.8 Å². The number of nitrogens with one attached hydrogen (secondary N) is 1. The summed E-state index contributed by atoms with van der Waals surface area (Å²) in [6.45, 7) is 4.48. The van der Waals surface area contributed by atoms with Crippen LogP contribution < -0.4 is 16.0 Å². The average Bonchev–Trinajstić information content (AvgIpc) is 3.42. The van der Waals surface area contributed by atoms with Crippen LogP contribution in [-0.4, -0.2) is 57.3 Å². The zero-order valence-corrected chi connectivity index (χ0v) is 25.1. The minimum atomic E-state index is -1.21. The second-order valence-corrected chi connectivity index (χ2v) is 12.3. The summed E-state index contributed by atoms with van der Waals surface area (Å²) in [6, 6.07) is 11.6. The van der Waals surface area contributed by atoms with E-state index in [0.29, 0.717) is 28.8 Å². The summed E-state index contributed by atoms with van der Waals surface area (Å²) < 4.78 is 2.54. The van der Waals surface area contributed by atoms with Gasteiger partial charge in [0.15, 0.2) is 0 Å². The number of rotatable bonds is 6. The lowest BCUT2D eigenvalue weighted by atomic mass is 9.91. The molecule has 3 N–H and O–H groups in total. The van der Waals surface area contributed by atoms with E-state index >= 15 is 0 Å². The van der Waals surface area contributed by atoms with Crippen molar-refractivity contribution in [1.82, 2.24) is 19.8 Å². The zero-order valence-electron chi connectivity index (χ0n) is 22.0. The predicted octanol–water partition coefficient (Wildman–Crippen LogP) is 4.66. The molecule has 0 radical (unpaired) electrons. The Kier molecular flexibility index (Phi) is 7.98. The van der Waals surface area contributed by atoms with Crippen LogP contribution in [0.5, 0.6) is 0 Å². The number of aromatic nitrogens is 2. The van der Waals surface area contributed by atoms with Gasteiger partial charge < -0.3 is 16.0 Å². The maximum atomic E-state index is 14.1. The van der Waals surface area contributed by atoms with E-state index in [4.69, 9.17) is 28.9 Å². The van der Waals surface area contributed by atoms with E-state index in [1.165, 1.54) is 11.1 Å². The van der Waals surface area contributed by atoms with Crippen molar-refractivity contribution < 1.29 is 14.4 Å². The van der Waals surface area contributed by atoms with Crippen LogP contribution in [0.1, 0.15) is 42.7 Å². The van der Waals surface area contributed by atoms with Crippen molar-refractivity contribution in [1.29, 1.82) is 0 Å². The second-order valence-electron chi connectivity index (χ2n) is 10.5. The first kappa shape index (κ1) is 28.6. The van der Waals surface area contributed by atoms with Gasteiger partial charge in [-0.25, -0.2) is 9.88 Å². The minimum absolute atomic E-state index is 0.0741. The number of carbonyl (C=O) groups excluding carboxylic acids is 3. The topological polar surface area (TPSA) is 114 Å². The average molecular weight is 648 g/mol. The lowest BCUT2D eigenvalue weighted by Gasteiger charge is -2.33. The van der Waals surface area contributed by atoms with Crippen molar-refractivity contribution in [3.8, 4) is 0 Å². The van der Waals surface area contributed by atoms with Gasteiger partial charge >= 0.3 is 0 Å². The summed E-state index contributed by atoms with van der Waals surface area (Å²) in [5.41, 5.74) is 6.32. The van der Waals surface area contributed by atoms with Crippen LogP contribution in [0.2, 0.25) is 10.0 Å². The zero-order chi connectivity index (χ0) is 28.8. The monoisotopic (exact) mass is 646 g/mol. The van der Waals surface area contributed by atoms with Crippen LogP contribution in [0, 0.1) is 0 Å². The van der Waals surface area contributed by atoms with Crippen molar-refractivity contribution >= 4 is 68.5 Å². The molecule has 0 spiro atoms. The number of likely N-dealkylation sites (tertiary alicyclic amines) is 1. The summed E-state index contributed by atoms with van der Waals surface area (Å²) in [4.78, 5) is 48.4. The highest BCUT2D eigenvalue weighted by Gasteiger charge is 2.51. The van der Waals surface area contributed by atoms with Gasteiger partial charge in [0.2, 0.25) is 11.9 Å². The number of piperidine rings is 1. The number of benzene rings is 2. The van der Waals surface area contributed by atoms with Crippen LogP contribution >= 0.6 is 39.1 Å². The quantitative estimate of drug-likeness (QED) is 0.404. The van der Waals surface area contributed by atoms with E-state index in [9.17, 15) is 14.4 Å². The van der Waals surface area contributed by atoms with Crippen LogP contribution in [-0.2, 0) is 21.5 Å². The second kappa shape index (κ2) is 11.2. The van der Waals surface area contributed by atoms with Gasteiger partial charge in [0.1, 0.15) is 17.3 Å². The highest BCUT2D eigenvalue weighted by atomic mass is 79.9. The molecule has 0 unspecified atom stereocenters. The van der Waals surface area contributed by atoms with Crippen molar-refractivity contribution in [3.05, 3.63) is 74.4 Å². The maximum Gasteiger partial charge on any atom is 0.270 e. The molecular formula is C28H29BrCl2N6O3.